The molecule has 2 aromatic rings. The predicted octanol–water partition coefficient (Wildman–Crippen LogP) is 2.74. The zero-order valence-corrected chi connectivity index (χ0v) is 8.85. The molecular weight excluding hydrogens is 200 g/mol. The highest BCUT2D eigenvalue weighted by Gasteiger charge is 1.94. The van der Waals surface area contributed by atoms with Crippen molar-refractivity contribution in [2.45, 2.75) is 0 Å². The molecule has 16 heavy (non-hydrogen) atoms. The molecule has 0 N–H and O–H groups in total. The van der Waals surface area contributed by atoms with Crippen LogP contribution in [-0.2, 0) is 0 Å². The van der Waals surface area contributed by atoms with Gasteiger partial charge in [-0.2, -0.15) is 0 Å². The van der Waals surface area contributed by atoms with Crippen LogP contribution in [0.25, 0.3) is 0 Å². The third-order valence-corrected chi connectivity index (χ3v) is 1.96. The van der Waals surface area contributed by atoms with Gasteiger partial charge in [-0.25, -0.2) is 0 Å². The minimum atomic E-state index is 0.503. The van der Waals surface area contributed by atoms with Crippen LogP contribution in [0.2, 0.25) is 0 Å². The number of benzene rings is 2. The molecule has 0 aliphatic carbocycles. The molecule has 0 saturated carbocycles. The molecule has 0 amide bonds. The molecule has 0 aromatic heterocycles. The van der Waals surface area contributed by atoms with Gasteiger partial charge < -0.3 is 9.47 Å². The van der Waals surface area contributed by atoms with Gasteiger partial charge in [-0.3, -0.25) is 0 Å². The van der Waals surface area contributed by atoms with Gasteiger partial charge in [0, 0.05) is 12.1 Å². The zero-order chi connectivity index (χ0) is 11.1. The van der Waals surface area contributed by atoms with Crippen molar-refractivity contribution in [3.05, 3.63) is 60.7 Å². The Balaban J connectivity index is 1.70. The lowest BCUT2D eigenvalue weighted by Gasteiger charge is -2.07. The smallest absolute Gasteiger partial charge is 0.127 e. The number of para-hydroxylation sites is 2. The summed E-state index contributed by atoms with van der Waals surface area (Å²) in [7, 11) is 0. The summed E-state index contributed by atoms with van der Waals surface area (Å²) >= 11 is 0. The first-order chi connectivity index (χ1) is 7.95. The highest BCUT2D eigenvalue weighted by Crippen LogP contribution is 2.09. The summed E-state index contributed by atoms with van der Waals surface area (Å²) in [5, 5.41) is 0. The molecule has 2 rings (SSSR count). The Kier molecular flexibility index (Phi) is 3.83. The van der Waals surface area contributed by atoms with Crippen molar-refractivity contribution >= 4 is 0 Å². The molecule has 0 unspecified atom stereocenters. The van der Waals surface area contributed by atoms with Crippen molar-refractivity contribution in [3.63, 3.8) is 0 Å². The van der Waals surface area contributed by atoms with E-state index in [1.165, 1.54) is 0 Å². The first kappa shape index (κ1) is 10.6. The van der Waals surface area contributed by atoms with Crippen molar-refractivity contribution in [3.8, 4) is 11.5 Å². The minimum Gasteiger partial charge on any atom is -0.489 e. The van der Waals surface area contributed by atoms with Gasteiger partial charge in [0.1, 0.15) is 24.7 Å². The van der Waals surface area contributed by atoms with Crippen LogP contribution < -0.4 is 9.47 Å². The molecule has 2 heteroatoms. The van der Waals surface area contributed by atoms with Crippen molar-refractivity contribution in [1.82, 2.24) is 0 Å². The van der Waals surface area contributed by atoms with Crippen molar-refractivity contribution in [1.29, 1.82) is 0 Å². The van der Waals surface area contributed by atoms with E-state index >= 15 is 0 Å². The number of ether oxygens (including phenoxy) is 2. The molecule has 2 nitrogen and oxygen atoms in total. The van der Waals surface area contributed by atoms with Gasteiger partial charge in [-0.05, 0) is 12.1 Å². The van der Waals surface area contributed by atoms with Gasteiger partial charge in [0.05, 0.1) is 0 Å². The molecule has 0 aliphatic heterocycles. The maximum Gasteiger partial charge on any atom is 0.127 e. The zero-order valence-electron chi connectivity index (χ0n) is 8.85. The summed E-state index contributed by atoms with van der Waals surface area (Å²) in [4.78, 5) is 0. The van der Waals surface area contributed by atoms with Crippen molar-refractivity contribution < 1.29 is 9.47 Å². The van der Waals surface area contributed by atoms with E-state index in [9.17, 15) is 0 Å². The number of rotatable bonds is 5. The second kappa shape index (κ2) is 5.81. The van der Waals surface area contributed by atoms with E-state index in [1.54, 1.807) is 0 Å². The van der Waals surface area contributed by atoms with Crippen LogP contribution >= 0.6 is 0 Å². The van der Waals surface area contributed by atoms with E-state index in [0.717, 1.165) is 11.5 Å². The van der Waals surface area contributed by atoms with Gasteiger partial charge in [0.25, 0.3) is 0 Å². The van der Waals surface area contributed by atoms with Crippen LogP contribution in [0, 0.1) is 12.1 Å². The van der Waals surface area contributed by atoms with Crippen LogP contribution in [0.4, 0.5) is 0 Å². The van der Waals surface area contributed by atoms with Crippen LogP contribution in [0.3, 0.4) is 0 Å². The molecule has 0 spiro atoms. The molecule has 0 saturated heterocycles. The molecule has 0 aliphatic rings. The molecule has 0 heterocycles. The van der Waals surface area contributed by atoms with Gasteiger partial charge in [-0.1, -0.05) is 36.4 Å². The lowest BCUT2D eigenvalue weighted by Crippen LogP contribution is -2.08. The summed E-state index contributed by atoms with van der Waals surface area (Å²) in [6.45, 7) is 1.01. The Hall–Kier alpha value is -1.96. The van der Waals surface area contributed by atoms with E-state index in [0.29, 0.717) is 13.2 Å². The highest BCUT2D eigenvalue weighted by molar-refractivity contribution is 5.20. The third kappa shape index (κ3) is 3.31. The fraction of sp³-hybridized carbons (Fsp3) is 0.143. The fourth-order valence-corrected chi connectivity index (χ4v) is 1.24. The summed E-state index contributed by atoms with van der Waals surface area (Å²) in [5.41, 5.74) is 0. The normalized spacial score (nSPS) is 9.75. The average molecular weight is 212 g/mol. The van der Waals surface area contributed by atoms with Gasteiger partial charge >= 0.3 is 0 Å². The Morgan fingerprint density at radius 3 is 1.62 bits per heavy atom. The maximum absolute atomic E-state index is 5.43. The molecule has 80 valence electrons. The lowest BCUT2D eigenvalue weighted by molar-refractivity contribution is 0.216. The molecule has 2 aromatic carbocycles. The Labute approximate surface area is 95.4 Å². The second-order valence-corrected chi connectivity index (χ2v) is 3.15. The summed E-state index contributed by atoms with van der Waals surface area (Å²) in [6, 6.07) is 21.0. The van der Waals surface area contributed by atoms with Gasteiger partial charge in [0.15, 0.2) is 0 Å². The highest BCUT2D eigenvalue weighted by atomic mass is 16.5. The minimum absolute atomic E-state index is 0.503. The van der Waals surface area contributed by atoms with E-state index in [2.05, 4.69) is 12.1 Å². The Morgan fingerprint density at radius 2 is 1.25 bits per heavy atom. The summed E-state index contributed by atoms with van der Waals surface area (Å²) in [5.74, 6) is 1.48. The molecular formula is C14H12O2. The molecule has 2 radical (unpaired) electrons. The Morgan fingerprint density at radius 1 is 0.750 bits per heavy atom. The van der Waals surface area contributed by atoms with Crippen LogP contribution in [0.5, 0.6) is 11.5 Å². The van der Waals surface area contributed by atoms with Crippen molar-refractivity contribution in [2.75, 3.05) is 13.2 Å². The third-order valence-electron chi connectivity index (χ3n) is 1.96. The standard InChI is InChI=1S/C14H12O2/c1-3-7-13(8-4-1)15-11-12-16-14-9-5-2-6-10-14/h1-7,9H,11-12H2. The predicted molar refractivity (Wildman–Crippen MR) is 61.5 cm³/mol. The SMILES string of the molecule is [c]1ccccc1OCCOc1[c]cccc1. The molecule has 0 bridgehead atoms. The van der Waals surface area contributed by atoms with Crippen LogP contribution in [0.1, 0.15) is 0 Å². The summed E-state index contributed by atoms with van der Waals surface area (Å²) < 4.78 is 10.9. The quantitative estimate of drug-likeness (QED) is 0.709. The second-order valence-electron chi connectivity index (χ2n) is 3.15. The molecule has 0 atom stereocenters. The number of hydrogen-bond donors (Lipinski definition) is 0. The monoisotopic (exact) mass is 212 g/mol. The van der Waals surface area contributed by atoms with Gasteiger partial charge in [-0.15, -0.1) is 0 Å². The first-order valence-corrected chi connectivity index (χ1v) is 5.14. The van der Waals surface area contributed by atoms with Crippen molar-refractivity contribution in [2.24, 2.45) is 0 Å². The maximum atomic E-state index is 5.43. The van der Waals surface area contributed by atoms with E-state index in [-0.39, 0.29) is 0 Å². The Bertz CT molecular complexity index is 356. The summed E-state index contributed by atoms with van der Waals surface area (Å²) in [6.07, 6.45) is 0. The fourth-order valence-electron chi connectivity index (χ4n) is 1.24. The van der Waals surface area contributed by atoms with Gasteiger partial charge in [0.2, 0.25) is 0 Å². The van der Waals surface area contributed by atoms with Crippen LogP contribution in [-0.4, -0.2) is 13.2 Å². The van der Waals surface area contributed by atoms with Crippen LogP contribution in [0.15, 0.2) is 48.5 Å². The largest absolute Gasteiger partial charge is 0.489 e. The van der Waals surface area contributed by atoms with E-state index in [1.807, 2.05) is 48.5 Å². The molecule has 0 fully saturated rings. The topological polar surface area (TPSA) is 18.5 Å². The van der Waals surface area contributed by atoms with E-state index in [4.69, 9.17) is 9.47 Å². The number of hydrogen-bond acceptors (Lipinski definition) is 2. The lowest BCUT2D eigenvalue weighted by atomic mass is 10.3. The average Bonchev–Trinajstić information content (AvgIpc) is 2.37. The van der Waals surface area contributed by atoms with E-state index < -0.39 is 0 Å². The first-order valence-electron chi connectivity index (χ1n) is 5.14.